The van der Waals surface area contributed by atoms with E-state index >= 15 is 0 Å². The van der Waals surface area contributed by atoms with E-state index in [2.05, 4.69) is 0 Å². The number of carbonyl (C=O) groups excluding carboxylic acids is 1. The monoisotopic (exact) mass is 260 g/mol. The molecule has 2 atom stereocenters. The highest BCUT2D eigenvalue weighted by atomic mass is 16.6. The summed E-state index contributed by atoms with van der Waals surface area (Å²) in [4.78, 5) is 12.2. The molecule has 3 rings (SSSR count). The largest absolute Gasteiger partial charge is 0.478 e. The third kappa shape index (κ3) is 2.46. The van der Waals surface area contributed by atoms with Crippen molar-refractivity contribution in [1.29, 1.82) is 0 Å². The second-order valence-electron chi connectivity index (χ2n) is 5.56. The minimum atomic E-state index is -0.473. The van der Waals surface area contributed by atoms with E-state index in [0.717, 1.165) is 24.2 Å². The molecule has 1 aliphatic carbocycles. The number of hydrogen-bond acceptors (Lipinski definition) is 3. The van der Waals surface area contributed by atoms with Crippen LogP contribution in [-0.4, -0.2) is 18.2 Å². The van der Waals surface area contributed by atoms with Crippen molar-refractivity contribution >= 4 is 5.97 Å². The third-order valence-electron chi connectivity index (χ3n) is 4.18. The summed E-state index contributed by atoms with van der Waals surface area (Å²) in [6.45, 7) is 2.03. The van der Waals surface area contributed by atoms with Crippen molar-refractivity contribution in [1.82, 2.24) is 0 Å². The van der Waals surface area contributed by atoms with Crippen molar-refractivity contribution in [3.8, 4) is 5.75 Å². The smallest absolute Gasteiger partial charge is 0.348 e. The Balaban J connectivity index is 1.65. The Bertz CT molecular complexity index is 463. The van der Waals surface area contributed by atoms with Crippen molar-refractivity contribution < 1.29 is 14.3 Å². The molecule has 1 aliphatic heterocycles. The molecule has 1 aromatic rings. The maximum absolute atomic E-state index is 12.2. The van der Waals surface area contributed by atoms with Gasteiger partial charge in [0.2, 0.25) is 6.10 Å². The molecule has 1 saturated carbocycles. The number of rotatable bonds is 2. The first-order valence-corrected chi connectivity index (χ1v) is 7.22. The maximum atomic E-state index is 12.2. The molecule has 0 aromatic heterocycles. The lowest BCUT2D eigenvalue weighted by Gasteiger charge is -2.24. The van der Waals surface area contributed by atoms with E-state index in [-0.39, 0.29) is 18.0 Å². The van der Waals surface area contributed by atoms with Gasteiger partial charge in [0, 0.05) is 11.5 Å². The molecular formula is C16H20O3. The molecule has 2 unspecified atom stereocenters. The van der Waals surface area contributed by atoms with Crippen LogP contribution in [0.15, 0.2) is 24.3 Å². The summed E-state index contributed by atoms with van der Waals surface area (Å²) >= 11 is 0. The van der Waals surface area contributed by atoms with E-state index in [4.69, 9.17) is 9.47 Å². The molecule has 0 saturated heterocycles. The van der Waals surface area contributed by atoms with Crippen LogP contribution in [0, 0.1) is 0 Å². The Morgan fingerprint density at radius 2 is 1.95 bits per heavy atom. The van der Waals surface area contributed by atoms with Crippen molar-refractivity contribution in [3.05, 3.63) is 29.8 Å². The molecule has 102 valence electrons. The molecule has 0 N–H and O–H groups in total. The van der Waals surface area contributed by atoms with Crippen LogP contribution in [0.4, 0.5) is 0 Å². The molecule has 0 bridgehead atoms. The zero-order valence-corrected chi connectivity index (χ0v) is 11.3. The fourth-order valence-electron chi connectivity index (χ4n) is 3.03. The molecule has 0 radical (unpaired) electrons. The topological polar surface area (TPSA) is 35.5 Å². The molecule has 3 nitrogen and oxygen atoms in total. The second kappa shape index (κ2) is 5.24. The normalized spacial score (nSPS) is 26.6. The van der Waals surface area contributed by atoms with Crippen LogP contribution in [0.5, 0.6) is 5.75 Å². The van der Waals surface area contributed by atoms with Gasteiger partial charge in [0.15, 0.2) is 0 Å². The van der Waals surface area contributed by atoms with E-state index in [0.29, 0.717) is 0 Å². The standard InChI is InChI=1S/C16H20O3/c1-11-13-9-5-6-10-14(13)19-15(11)16(17)18-12-7-3-2-4-8-12/h5-6,9-12,15H,2-4,7-8H2,1H3. The Labute approximate surface area is 113 Å². The molecule has 0 amide bonds. The SMILES string of the molecule is CC1c2ccccc2OC1C(=O)OC1CCCCC1. The van der Waals surface area contributed by atoms with E-state index in [1.807, 2.05) is 31.2 Å². The quantitative estimate of drug-likeness (QED) is 0.764. The first kappa shape index (κ1) is 12.5. The highest BCUT2D eigenvalue weighted by Crippen LogP contribution is 2.38. The minimum Gasteiger partial charge on any atom is -0.478 e. The first-order valence-electron chi connectivity index (χ1n) is 7.22. The van der Waals surface area contributed by atoms with Gasteiger partial charge >= 0.3 is 5.97 Å². The van der Waals surface area contributed by atoms with E-state index < -0.39 is 6.10 Å². The molecule has 0 spiro atoms. The number of fused-ring (bicyclic) bond motifs is 1. The van der Waals surface area contributed by atoms with Crippen molar-refractivity contribution in [2.45, 2.75) is 57.2 Å². The van der Waals surface area contributed by atoms with Crippen molar-refractivity contribution in [2.24, 2.45) is 0 Å². The van der Waals surface area contributed by atoms with Crippen LogP contribution in [0.2, 0.25) is 0 Å². The van der Waals surface area contributed by atoms with Gasteiger partial charge < -0.3 is 9.47 Å². The minimum absolute atomic E-state index is 0.0762. The van der Waals surface area contributed by atoms with Crippen LogP contribution in [0.25, 0.3) is 0 Å². The summed E-state index contributed by atoms with van der Waals surface area (Å²) < 4.78 is 11.4. The molecule has 3 heteroatoms. The van der Waals surface area contributed by atoms with Gasteiger partial charge in [-0.05, 0) is 31.7 Å². The van der Waals surface area contributed by atoms with Gasteiger partial charge in [-0.3, -0.25) is 0 Å². The Morgan fingerprint density at radius 1 is 1.21 bits per heavy atom. The predicted molar refractivity (Wildman–Crippen MR) is 72.2 cm³/mol. The van der Waals surface area contributed by atoms with Crippen LogP contribution >= 0.6 is 0 Å². The summed E-state index contributed by atoms with van der Waals surface area (Å²) in [7, 11) is 0. The van der Waals surface area contributed by atoms with Gasteiger partial charge in [-0.15, -0.1) is 0 Å². The van der Waals surface area contributed by atoms with Crippen LogP contribution in [0.3, 0.4) is 0 Å². The van der Waals surface area contributed by atoms with Gasteiger partial charge in [-0.1, -0.05) is 31.5 Å². The lowest BCUT2D eigenvalue weighted by atomic mass is 9.96. The average molecular weight is 260 g/mol. The van der Waals surface area contributed by atoms with E-state index in [9.17, 15) is 4.79 Å². The second-order valence-corrected chi connectivity index (χ2v) is 5.56. The highest BCUT2D eigenvalue weighted by molar-refractivity contribution is 5.78. The Kier molecular flexibility index (Phi) is 3.45. The summed E-state index contributed by atoms with van der Waals surface area (Å²) in [5.74, 6) is 0.698. The zero-order valence-electron chi connectivity index (χ0n) is 11.3. The summed E-state index contributed by atoms with van der Waals surface area (Å²) in [5, 5.41) is 0. The predicted octanol–water partition coefficient (Wildman–Crippen LogP) is 3.43. The molecule has 1 fully saturated rings. The number of esters is 1. The molecule has 2 aliphatic rings. The van der Waals surface area contributed by atoms with Gasteiger partial charge in [0.25, 0.3) is 0 Å². The average Bonchev–Trinajstić information content (AvgIpc) is 2.78. The molecule has 19 heavy (non-hydrogen) atoms. The fraction of sp³-hybridized carbons (Fsp3) is 0.562. The van der Waals surface area contributed by atoms with Crippen molar-refractivity contribution in [2.75, 3.05) is 0 Å². The van der Waals surface area contributed by atoms with Crippen LogP contribution in [-0.2, 0) is 9.53 Å². The van der Waals surface area contributed by atoms with Gasteiger partial charge in [-0.2, -0.15) is 0 Å². The Morgan fingerprint density at radius 3 is 2.68 bits per heavy atom. The lowest BCUT2D eigenvalue weighted by molar-refractivity contribution is -0.158. The number of hydrogen-bond donors (Lipinski definition) is 0. The van der Waals surface area contributed by atoms with Crippen LogP contribution < -0.4 is 4.74 Å². The number of para-hydroxylation sites is 1. The highest BCUT2D eigenvalue weighted by Gasteiger charge is 2.38. The van der Waals surface area contributed by atoms with E-state index in [1.165, 1.54) is 19.3 Å². The van der Waals surface area contributed by atoms with Gasteiger partial charge in [0.05, 0.1) is 0 Å². The number of ether oxygens (including phenoxy) is 2. The number of carbonyl (C=O) groups is 1. The fourth-order valence-corrected chi connectivity index (χ4v) is 3.03. The van der Waals surface area contributed by atoms with Crippen LogP contribution in [0.1, 0.15) is 50.5 Å². The zero-order chi connectivity index (χ0) is 13.2. The first-order chi connectivity index (χ1) is 9.25. The summed E-state index contributed by atoms with van der Waals surface area (Å²) in [6.07, 6.45) is 5.22. The third-order valence-corrected chi connectivity index (χ3v) is 4.18. The molecule has 1 heterocycles. The summed E-state index contributed by atoms with van der Waals surface area (Å²) in [5.41, 5.74) is 1.10. The van der Waals surface area contributed by atoms with Crippen molar-refractivity contribution in [3.63, 3.8) is 0 Å². The summed E-state index contributed by atoms with van der Waals surface area (Å²) in [6, 6.07) is 7.85. The lowest BCUT2D eigenvalue weighted by Crippen LogP contribution is -2.33. The molecule has 1 aromatic carbocycles. The van der Waals surface area contributed by atoms with Gasteiger partial charge in [-0.25, -0.2) is 4.79 Å². The van der Waals surface area contributed by atoms with E-state index in [1.54, 1.807) is 0 Å². The van der Waals surface area contributed by atoms with Gasteiger partial charge in [0.1, 0.15) is 11.9 Å². The number of benzene rings is 1. The maximum Gasteiger partial charge on any atom is 0.348 e. The molecular weight excluding hydrogens is 240 g/mol. The Hall–Kier alpha value is -1.51.